The van der Waals surface area contributed by atoms with Crippen LogP contribution in [0.25, 0.3) is 32.0 Å². The van der Waals surface area contributed by atoms with E-state index in [0.29, 0.717) is 13.0 Å². The van der Waals surface area contributed by atoms with Gasteiger partial charge in [-0.05, 0) is 71.9 Å². The first kappa shape index (κ1) is 39.9. The van der Waals surface area contributed by atoms with Crippen molar-refractivity contribution in [1.29, 1.82) is 0 Å². The second kappa shape index (κ2) is 18.4. The van der Waals surface area contributed by atoms with Gasteiger partial charge in [0.05, 0.1) is 34.2 Å². The van der Waals surface area contributed by atoms with Crippen molar-refractivity contribution in [3.8, 4) is 32.0 Å². The van der Waals surface area contributed by atoms with Gasteiger partial charge in [0.1, 0.15) is 10.0 Å². The van der Waals surface area contributed by atoms with Crippen molar-refractivity contribution >= 4 is 46.6 Å². The molecule has 10 heteroatoms. The maximum absolute atomic E-state index is 14.3. The summed E-state index contributed by atoms with van der Waals surface area (Å²) in [6.07, 6.45) is 14.7. The zero-order chi connectivity index (χ0) is 40.8. The highest BCUT2D eigenvalue weighted by molar-refractivity contribution is 7.15. The Bertz CT molecular complexity index is 2440. The normalized spacial score (nSPS) is 18.9. The molecule has 4 heterocycles. The molecule has 304 valence electrons. The number of hydrogen-bond acceptors (Lipinski definition) is 7. The summed E-state index contributed by atoms with van der Waals surface area (Å²) in [6.45, 7) is 1.43. The molecule has 2 saturated heterocycles. The Morgan fingerprint density at radius 2 is 1.13 bits per heavy atom. The molecule has 60 heavy (non-hydrogen) atoms. The van der Waals surface area contributed by atoms with Crippen LogP contribution >= 0.6 is 22.7 Å². The summed E-state index contributed by atoms with van der Waals surface area (Å²) in [5, 5.41) is 1.94. The standard InChI is InChI=1S/C50H49N5O3S2/c56-46(30-34-12-4-1-5-13-34)54-28-10-18-42(54)48-52-32-44(59-48)38-24-20-35(21-25-38)36-22-26-39(27-23-36)45-33-53-49(60-45)43-19-11-29-55(43)50(58)41(37-14-6-2-7-15-37)31-51-47(57)40-16-8-3-9-17-40/h1-2,4-7,12-15,20-27,31-33,40-43H,3,8-11,16-19,28-30H2/t41?,42-,43-/m0/s1. The molecule has 1 saturated carbocycles. The van der Waals surface area contributed by atoms with Crippen molar-refractivity contribution in [2.24, 2.45) is 10.9 Å². The van der Waals surface area contributed by atoms with Gasteiger partial charge in [0, 0.05) is 37.6 Å². The molecule has 3 amide bonds. The average Bonchev–Trinajstić information content (AvgIpc) is 4.15. The van der Waals surface area contributed by atoms with Crippen molar-refractivity contribution in [1.82, 2.24) is 19.8 Å². The fourth-order valence-corrected chi connectivity index (χ4v) is 11.2. The molecule has 6 aromatic rings. The molecule has 1 aliphatic carbocycles. The average molecular weight is 832 g/mol. The molecule has 3 fully saturated rings. The Kier molecular flexibility index (Phi) is 12.2. The lowest BCUT2D eigenvalue weighted by Gasteiger charge is -2.26. The molecule has 2 aromatic heterocycles. The quantitative estimate of drug-likeness (QED) is 0.121. The maximum atomic E-state index is 14.3. The number of benzene rings is 4. The van der Waals surface area contributed by atoms with E-state index in [2.05, 4.69) is 53.5 Å². The number of likely N-dealkylation sites (tertiary alicyclic amines) is 2. The molecular formula is C50H49N5O3S2. The minimum absolute atomic E-state index is 0.0294. The fraction of sp³-hybridized carbons (Fsp3) is 0.320. The van der Waals surface area contributed by atoms with Gasteiger partial charge in [-0.25, -0.2) is 15.0 Å². The first-order valence-corrected chi connectivity index (χ1v) is 23.0. The smallest absolute Gasteiger partial charge is 0.248 e. The minimum atomic E-state index is -0.620. The number of amides is 3. The van der Waals surface area contributed by atoms with Crippen molar-refractivity contribution in [2.75, 3.05) is 13.1 Å². The number of hydrogen-bond donors (Lipinski definition) is 0. The second-order valence-corrected chi connectivity index (χ2v) is 18.3. The highest BCUT2D eigenvalue weighted by atomic mass is 32.1. The number of aliphatic imine (C=N–C) groups is 1. The number of carbonyl (C=O) groups excluding carboxylic acids is 3. The van der Waals surface area contributed by atoms with E-state index >= 15 is 0 Å². The number of nitrogens with zero attached hydrogens (tertiary/aromatic N) is 5. The molecule has 0 radical (unpaired) electrons. The van der Waals surface area contributed by atoms with Crippen LogP contribution in [0.2, 0.25) is 0 Å². The minimum Gasteiger partial charge on any atom is -0.333 e. The van der Waals surface area contributed by atoms with Crippen molar-refractivity contribution < 1.29 is 14.4 Å². The fourth-order valence-electron chi connectivity index (χ4n) is 9.02. The third-order valence-electron chi connectivity index (χ3n) is 12.3. The predicted octanol–water partition coefficient (Wildman–Crippen LogP) is 11.1. The molecule has 8 nitrogen and oxygen atoms in total. The summed E-state index contributed by atoms with van der Waals surface area (Å²) < 4.78 is 0. The van der Waals surface area contributed by atoms with E-state index in [1.54, 1.807) is 28.9 Å². The summed E-state index contributed by atoms with van der Waals surface area (Å²) in [4.78, 5) is 60.8. The number of thiazole rings is 2. The zero-order valence-corrected chi connectivity index (χ0v) is 35.3. The van der Waals surface area contributed by atoms with Crippen LogP contribution in [0.15, 0.2) is 127 Å². The van der Waals surface area contributed by atoms with Crippen molar-refractivity contribution in [3.63, 3.8) is 0 Å². The summed E-state index contributed by atoms with van der Waals surface area (Å²) in [5.41, 5.74) is 6.35. The van der Waals surface area contributed by atoms with Crippen LogP contribution in [-0.4, -0.2) is 56.8 Å². The molecule has 9 rings (SSSR count). The predicted molar refractivity (Wildman–Crippen MR) is 241 cm³/mol. The first-order valence-electron chi connectivity index (χ1n) is 21.4. The zero-order valence-electron chi connectivity index (χ0n) is 33.7. The Hall–Kier alpha value is -5.58. The van der Waals surface area contributed by atoms with Crippen LogP contribution in [0.3, 0.4) is 0 Å². The van der Waals surface area contributed by atoms with Gasteiger partial charge in [0.25, 0.3) is 0 Å². The van der Waals surface area contributed by atoms with E-state index in [9.17, 15) is 14.4 Å². The summed E-state index contributed by atoms with van der Waals surface area (Å²) in [6, 6.07) is 36.8. The van der Waals surface area contributed by atoms with Crippen LogP contribution in [0, 0.1) is 5.92 Å². The molecule has 4 aromatic carbocycles. The Labute approximate surface area is 360 Å². The van der Waals surface area contributed by atoms with E-state index in [1.165, 1.54) is 6.42 Å². The van der Waals surface area contributed by atoms with E-state index in [4.69, 9.17) is 9.97 Å². The van der Waals surface area contributed by atoms with E-state index in [-0.39, 0.29) is 35.7 Å². The van der Waals surface area contributed by atoms with Gasteiger partial charge in [-0.3, -0.25) is 14.4 Å². The summed E-state index contributed by atoms with van der Waals surface area (Å²) in [5.74, 6) is -0.617. The molecule has 1 unspecified atom stereocenters. The number of aromatic nitrogens is 2. The number of carbonyl (C=O) groups is 3. The molecular weight excluding hydrogens is 783 g/mol. The van der Waals surface area contributed by atoms with Gasteiger partial charge >= 0.3 is 0 Å². The third kappa shape index (κ3) is 8.81. The molecule has 0 bridgehead atoms. The molecule has 3 aliphatic rings. The first-order chi connectivity index (χ1) is 29.5. The summed E-state index contributed by atoms with van der Waals surface area (Å²) >= 11 is 3.33. The maximum Gasteiger partial charge on any atom is 0.248 e. The van der Waals surface area contributed by atoms with E-state index < -0.39 is 5.92 Å². The molecule has 0 N–H and O–H groups in total. The van der Waals surface area contributed by atoms with Crippen molar-refractivity contribution in [3.05, 3.63) is 143 Å². The Morgan fingerprint density at radius 3 is 1.72 bits per heavy atom. The van der Waals surface area contributed by atoms with Gasteiger partial charge in [-0.2, -0.15) is 0 Å². The Balaban J connectivity index is 0.850. The SMILES string of the molecule is O=C(N=CC(C(=O)N1CCC[C@H]1c1ncc(-c2ccc(-c3ccc(-c4cnc([C@@H]5CCCN5C(=O)Cc5ccccc5)s4)cc3)cc2)s1)c1ccccc1)C1CCCCC1. The van der Waals surface area contributed by atoms with Crippen LogP contribution in [0.4, 0.5) is 0 Å². The van der Waals surface area contributed by atoms with Crippen LogP contribution in [0.1, 0.15) is 96.9 Å². The van der Waals surface area contributed by atoms with Crippen molar-refractivity contribution in [2.45, 2.75) is 82.2 Å². The third-order valence-corrected chi connectivity index (χ3v) is 14.6. The molecule has 3 atom stereocenters. The lowest BCUT2D eigenvalue weighted by atomic mass is 9.89. The van der Waals surface area contributed by atoms with Crippen LogP contribution < -0.4 is 0 Å². The molecule has 2 aliphatic heterocycles. The van der Waals surface area contributed by atoms with Gasteiger partial charge in [0.2, 0.25) is 17.7 Å². The van der Waals surface area contributed by atoms with Gasteiger partial charge in [-0.15, -0.1) is 22.7 Å². The number of rotatable bonds is 11. The lowest BCUT2D eigenvalue weighted by molar-refractivity contribution is -0.132. The van der Waals surface area contributed by atoms with Gasteiger partial charge in [-0.1, -0.05) is 128 Å². The van der Waals surface area contributed by atoms with Gasteiger partial charge < -0.3 is 9.80 Å². The van der Waals surface area contributed by atoms with E-state index in [1.807, 2.05) is 82.9 Å². The van der Waals surface area contributed by atoms with E-state index in [0.717, 1.165) is 111 Å². The largest absolute Gasteiger partial charge is 0.333 e. The van der Waals surface area contributed by atoms with Gasteiger partial charge in [0.15, 0.2) is 0 Å². The molecule has 0 spiro atoms. The topological polar surface area (TPSA) is 95.8 Å². The summed E-state index contributed by atoms with van der Waals surface area (Å²) in [7, 11) is 0. The van der Waals surface area contributed by atoms with Crippen LogP contribution in [0.5, 0.6) is 0 Å². The van der Waals surface area contributed by atoms with Crippen LogP contribution in [-0.2, 0) is 20.8 Å². The Morgan fingerprint density at radius 1 is 0.617 bits per heavy atom. The highest BCUT2D eigenvalue weighted by Gasteiger charge is 2.36. The second-order valence-electron chi connectivity index (χ2n) is 16.2. The lowest BCUT2D eigenvalue weighted by Crippen LogP contribution is -2.35. The monoisotopic (exact) mass is 831 g/mol. The highest BCUT2D eigenvalue weighted by Crippen LogP contribution is 2.41.